The molecule has 0 aromatic carbocycles. The molecule has 0 atom stereocenters. The van der Waals surface area contributed by atoms with Gasteiger partial charge in [-0.25, -0.2) is 0 Å². The number of ketones is 1. The van der Waals surface area contributed by atoms with Crippen LogP contribution in [0.5, 0.6) is 0 Å². The van der Waals surface area contributed by atoms with Crippen molar-refractivity contribution in [3.05, 3.63) is 35.4 Å². The van der Waals surface area contributed by atoms with Gasteiger partial charge in [0.25, 0.3) is 0 Å². The second kappa shape index (κ2) is 5.16. The van der Waals surface area contributed by atoms with Crippen LogP contribution in [0.3, 0.4) is 0 Å². The molecule has 0 saturated carbocycles. The minimum atomic E-state index is -0.0107. The lowest BCUT2D eigenvalue weighted by Gasteiger charge is -2.05. The number of hydrogen-bond acceptors (Lipinski definition) is 3. The molecule has 0 bridgehead atoms. The average Bonchev–Trinajstić information content (AvgIpc) is 3.03. The van der Waals surface area contributed by atoms with Gasteiger partial charge in [0.15, 0.2) is 0 Å². The Balaban J connectivity index is 2.42. The fourth-order valence-corrected chi connectivity index (χ4v) is 1.98. The molecule has 2 rings (SSSR count). The zero-order chi connectivity index (χ0) is 13.1. The van der Waals surface area contributed by atoms with Crippen molar-refractivity contribution in [3.8, 4) is 0 Å². The number of rotatable bonds is 5. The van der Waals surface area contributed by atoms with E-state index in [2.05, 4.69) is 10.2 Å². The molecule has 2 heterocycles. The first kappa shape index (κ1) is 12.5. The summed E-state index contributed by atoms with van der Waals surface area (Å²) in [4.78, 5) is 12.5. The number of hydrogen-bond donors (Lipinski definition) is 0. The van der Waals surface area contributed by atoms with E-state index in [4.69, 9.17) is 0 Å². The van der Waals surface area contributed by atoms with E-state index >= 15 is 0 Å². The predicted octanol–water partition coefficient (Wildman–Crippen LogP) is 1.91. The van der Waals surface area contributed by atoms with Crippen molar-refractivity contribution in [2.45, 2.75) is 40.3 Å². The molecule has 0 amide bonds. The molecule has 0 fully saturated rings. The summed E-state index contributed by atoms with van der Waals surface area (Å²) < 4.78 is 3.47. The van der Waals surface area contributed by atoms with E-state index in [-0.39, 0.29) is 5.78 Å². The molecule has 2 aromatic heterocycles. The highest BCUT2D eigenvalue weighted by Gasteiger charge is 2.19. The molecule has 0 unspecified atom stereocenters. The highest BCUT2D eigenvalue weighted by atomic mass is 16.1. The average molecular weight is 246 g/mol. The summed E-state index contributed by atoms with van der Waals surface area (Å²) >= 11 is 0. The van der Waals surface area contributed by atoms with Crippen LogP contribution >= 0.6 is 0 Å². The predicted molar refractivity (Wildman–Crippen MR) is 68.6 cm³/mol. The van der Waals surface area contributed by atoms with Crippen molar-refractivity contribution in [3.63, 3.8) is 0 Å². The van der Waals surface area contributed by atoms with Gasteiger partial charge < -0.3 is 0 Å². The maximum atomic E-state index is 12.5. The van der Waals surface area contributed by atoms with E-state index in [0.29, 0.717) is 24.5 Å². The first-order valence-corrected chi connectivity index (χ1v) is 6.34. The number of carbonyl (C=O) groups is 1. The Morgan fingerprint density at radius 2 is 1.89 bits per heavy atom. The van der Waals surface area contributed by atoms with Gasteiger partial charge in [-0.2, -0.15) is 10.2 Å². The largest absolute Gasteiger partial charge is 0.285 e. The molecule has 0 radical (unpaired) electrons. The Morgan fingerprint density at radius 1 is 1.17 bits per heavy atom. The molecule has 0 N–H and O–H groups in total. The molecular formula is C13H18N4O. The second-order valence-electron chi connectivity index (χ2n) is 4.05. The quantitative estimate of drug-likeness (QED) is 0.757. The lowest BCUT2D eigenvalue weighted by Crippen LogP contribution is -2.15. The van der Waals surface area contributed by atoms with E-state index < -0.39 is 0 Å². The monoisotopic (exact) mass is 246 g/mol. The van der Waals surface area contributed by atoms with Crippen LogP contribution in [0.2, 0.25) is 0 Å². The minimum Gasteiger partial charge on any atom is -0.285 e. The third kappa shape index (κ3) is 2.08. The van der Waals surface area contributed by atoms with Crippen LogP contribution in [0.1, 0.15) is 42.6 Å². The zero-order valence-corrected chi connectivity index (χ0v) is 11.1. The first-order chi connectivity index (χ1) is 8.71. The Kier molecular flexibility index (Phi) is 3.60. The fraction of sp³-hybridized carbons (Fsp3) is 0.462. The van der Waals surface area contributed by atoms with Gasteiger partial charge in [0.2, 0.25) is 5.78 Å². The van der Waals surface area contributed by atoms with Gasteiger partial charge in [-0.15, -0.1) is 0 Å². The SMILES string of the molecule is CCc1cc(C(=O)c2ccnn2CC)n(CC)n1. The third-order valence-electron chi connectivity index (χ3n) is 2.97. The van der Waals surface area contributed by atoms with Crippen LogP contribution < -0.4 is 0 Å². The van der Waals surface area contributed by atoms with E-state index in [0.717, 1.165) is 12.1 Å². The van der Waals surface area contributed by atoms with Crippen LogP contribution in [0.4, 0.5) is 0 Å². The van der Waals surface area contributed by atoms with E-state index in [9.17, 15) is 4.79 Å². The Bertz CT molecular complexity index is 553. The van der Waals surface area contributed by atoms with Gasteiger partial charge in [0.1, 0.15) is 11.4 Å². The molecule has 96 valence electrons. The molecule has 2 aromatic rings. The van der Waals surface area contributed by atoms with E-state index in [1.807, 2.05) is 26.8 Å². The van der Waals surface area contributed by atoms with E-state index in [1.54, 1.807) is 21.6 Å². The molecule has 5 heteroatoms. The second-order valence-corrected chi connectivity index (χ2v) is 4.05. The summed E-state index contributed by atoms with van der Waals surface area (Å²) in [5.41, 5.74) is 2.21. The van der Waals surface area contributed by atoms with Crippen LogP contribution in [-0.2, 0) is 19.5 Å². The highest BCUT2D eigenvalue weighted by molar-refractivity contribution is 6.06. The number of aromatic nitrogens is 4. The number of carbonyl (C=O) groups excluding carboxylic acids is 1. The molecule has 0 aliphatic heterocycles. The summed E-state index contributed by atoms with van der Waals surface area (Å²) in [7, 11) is 0. The smallest absolute Gasteiger partial charge is 0.229 e. The zero-order valence-electron chi connectivity index (χ0n) is 11.1. The summed E-state index contributed by atoms with van der Waals surface area (Å²) in [5.74, 6) is -0.0107. The summed E-state index contributed by atoms with van der Waals surface area (Å²) in [6, 6.07) is 3.63. The summed E-state index contributed by atoms with van der Waals surface area (Å²) in [6.07, 6.45) is 2.49. The van der Waals surface area contributed by atoms with Crippen molar-refractivity contribution in [1.29, 1.82) is 0 Å². The summed E-state index contributed by atoms with van der Waals surface area (Å²) in [6.45, 7) is 7.38. The van der Waals surface area contributed by atoms with Crippen molar-refractivity contribution in [2.24, 2.45) is 0 Å². The van der Waals surface area contributed by atoms with Crippen molar-refractivity contribution in [2.75, 3.05) is 0 Å². The maximum absolute atomic E-state index is 12.5. The Labute approximate surface area is 106 Å². The lowest BCUT2D eigenvalue weighted by atomic mass is 10.2. The molecule has 18 heavy (non-hydrogen) atoms. The molecular weight excluding hydrogens is 228 g/mol. The number of aryl methyl sites for hydroxylation is 3. The topological polar surface area (TPSA) is 52.7 Å². The van der Waals surface area contributed by atoms with Crippen molar-refractivity contribution >= 4 is 5.78 Å². The lowest BCUT2D eigenvalue weighted by molar-refractivity contribution is 0.101. The van der Waals surface area contributed by atoms with Crippen LogP contribution in [-0.4, -0.2) is 25.3 Å². The molecule has 0 spiro atoms. The number of nitrogens with zero attached hydrogens (tertiary/aromatic N) is 4. The Hall–Kier alpha value is -1.91. The Morgan fingerprint density at radius 3 is 2.50 bits per heavy atom. The van der Waals surface area contributed by atoms with Crippen molar-refractivity contribution < 1.29 is 4.79 Å². The normalized spacial score (nSPS) is 10.8. The van der Waals surface area contributed by atoms with Gasteiger partial charge in [-0.3, -0.25) is 14.2 Å². The van der Waals surface area contributed by atoms with Gasteiger partial charge in [-0.1, -0.05) is 6.92 Å². The first-order valence-electron chi connectivity index (χ1n) is 6.34. The van der Waals surface area contributed by atoms with Crippen LogP contribution in [0, 0.1) is 0 Å². The van der Waals surface area contributed by atoms with Crippen molar-refractivity contribution in [1.82, 2.24) is 19.6 Å². The highest BCUT2D eigenvalue weighted by Crippen LogP contribution is 2.12. The van der Waals surface area contributed by atoms with E-state index in [1.165, 1.54) is 0 Å². The van der Waals surface area contributed by atoms with Gasteiger partial charge in [0, 0.05) is 19.3 Å². The van der Waals surface area contributed by atoms with Crippen LogP contribution in [0.25, 0.3) is 0 Å². The molecule has 0 saturated heterocycles. The van der Waals surface area contributed by atoms with Gasteiger partial charge in [-0.05, 0) is 32.4 Å². The minimum absolute atomic E-state index is 0.0107. The van der Waals surface area contributed by atoms with Crippen LogP contribution in [0.15, 0.2) is 18.3 Å². The van der Waals surface area contributed by atoms with Gasteiger partial charge in [0.05, 0.1) is 5.69 Å². The van der Waals surface area contributed by atoms with Gasteiger partial charge >= 0.3 is 0 Å². The summed E-state index contributed by atoms with van der Waals surface area (Å²) in [5, 5.41) is 8.53. The fourth-order valence-electron chi connectivity index (χ4n) is 1.98. The molecule has 0 aliphatic carbocycles. The molecule has 0 aliphatic rings. The standard InChI is InChI=1S/C13H18N4O/c1-4-10-9-12(17(6-3)15-10)13(18)11-7-8-14-16(11)5-2/h7-9H,4-6H2,1-3H3. The third-order valence-corrected chi connectivity index (χ3v) is 2.97. The maximum Gasteiger partial charge on any atom is 0.229 e. The molecule has 5 nitrogen and oxygen atoms in total.